The van der Waals surface area contributed by atoms with Crippen LogP contribution in [0.4, 0.5) is 0 Å². The average Bonchev–Trinajstić information content (AvgIpc) is 2.74. The Morgan fingerprint density at radius 1 is 1.58 bits per heavy atom. The molecule has 1 fully saturated rings. The number of ether oxygens (including phenoxy) is 1. The summed E-state index contributed by atoms with van der Waals surface area (Å²) in [5.74, 6) is 7.37. The predicted octanol–water partition coefficient (Wildman–Crippen LogP) is 2.24. The van der Waals surface area contributed by atoms with Crippen LogP contribution in [0, 0.1) is 23.7 Å². The first-order valence-corrected chi connectivity index (χ1v) is 4.48. The van der Waals surface area contributed by atoms with Crippen LogP contribution in [0.1, 0.15) is 20.3 Å². The Hall–Kier alpha value is -0.740. The minimum absolute atomic E-state index is 0.557. The molecule has 1 aliphatic carbocycles. The van der Waals surface area contributed by atoms with Crippen LogP contribution in [0.5, 0.6) is 0 Å². The van der Waals surface area contributed by atoms with Crippen molar-refractivity contribution in [2.24, 2.45) is 11.8 Å². The van der Waals surface area contributed by atoms with Gasteiger partial charge in [-0.25, -0.2) is 0 Å². The third-order valence-electron chi connectivity index (χ3n) is 2.12. The maximum Gasteiger partial charge on any atom is 0.108 e. The second kappa shape index (κ2) is 5.00. The summed E-state index contributed by atoms with van der Waals surface area (Å²) in [5.41, 5.74) is 0. The van der Waals surface area contributed by atoms with Crippen molar-refractivity contribution in [3.05, 3.63) is 12.2 Å². The zero-order chi connectivity index (χ0) is 8.81. The van der Waals surface area contributed by atoms with Crippen molar-refractivity contribution in [1.29, 1.82) is 0 Å². The van der Waals surface area contributed by atoms with Gasteiger partial charge in [-0.2, -0.15) is 0 Å². The van der Waals surface area contributed by atoms with Gasteiger partial charge in [-0.3, -0.25) is 0 Å². The van der Waals surface area contributed by atoms with Crippen molar-refractivity contribution >= 4 is 0 Å². The van der Waals surface area contributed by atoms with E-state index in [-0.39, 0.29) is 0 Å². The highest BCUT2D eigenvalue weighted by atomic mass is 16.5. The zero-order valence-corrected chi connectivity index (χ0v) is 7.84. The molecule has 0 aromatic heterocycles. The maximum absolute atomic E-state index is 5.23. The van der Waals surface area contributed by atoms with Crippen molar-refractivity contribution in [3.8, 4) is 11.8 Å². The van der Waals surface area contributed by atoms with E-state index in [4.69, 9.17) is 4.74 Å². The molecule has 0 aliphatic heterocycles. The van der Waals surface area contributed by atoms with Crippen LogP contribution in [0.2, 0.25) is 0 Å². The highest BCUT2D eigenvalue weighted by Crippen LogP contribution is 2.38. The molecule has 0 heterocycles. The molecular weight excluding hydrogens is 148 g/mol. The van der Waals surface area contributed by atoms with Gasteiger partial charge in [-0.1, -0.05) is 25.0 Å². The Kier molecular flexibility index (Phi) is 3.90. The van der Waals surface area contributed by atoms with Crippen molar-refractivity contribution in [2.45, 2.75) is 20.3 Å². The molecule has 1 rings (SSSR count). The fourth-order valence-electron chi connectivity index (χ4n) is 1.10. The van der Waals surface area contributed by atoms with E-state index < -0.39 is 0 Å². The standard InChI is InChI=1S/C11H16O/c1-3-4-7-12-8-5-6-11-9-10(11)2/h5-6,10-11H,7-9H2,1-2H3/b6-5+/t10-,11-/m0/s1. The van der Waals surface area contributed by atoms with Gasteiger partial charge in [0.15, 0.2) is 0 Å². The molecule has 1 nitrogen and oxygen atoms in total. The third kappa shape index (κ3) is 3.59. The summed E-state index contributed by atoms with van der Waals surface area (Å²) in [5, 5.41) is 0. The molecule has 0 amide bonds. The van der Waals surface area contributed by atoms with Crippen LogP contribution in [-0.4, -0.2) is 13.2 Å². The first-order chi connectivity index (χ1) is 5.84. The van der Waals surface area contributed by atoms with Gasteiger partial charge < -0.3 is 4.74 Å². The molecule has 0 N–H and O–H groups in total. The predicted molar refractivity (Wildman–Crippen MR) is 50.7 cm³/mol. The zero-order valence-electron chi connectivity index (χ0n) is 7.84. The molecule has 0 aromatic rings. The van der Waals surface area contributed by atoms with Crippen LogP contribution in [0.25, 0.3) is 0 Å². The summed E-state index contributed by atoms with van der Waals surface area (Å²) in [4.78, 5) is 0. The van der Waals surface area contributed by atoms with E-state index in [0.29, 0.717) is 13.2 Å². The lowest BCUT2D eigenvalue weighted by Crippen LogP contribution is -1.90. The lowest BCUT2D eigenvalue weighted by molar-refractivity contribution is 0.199. The SMILES string of the molecule is CC#CCOC/C=C/[C@H]1C[C@@H]1C. The molecule has 0 spiro atoms. The molecular formula is C11H16O. The maximum atomic E-state index is 5.23. The molecule has 12 heavy (non-hydrogen) atoms. The second-order valence-electron chi connectivity index (χ2n) is 3.25. The minimum atomic E-state index is 0.557. The van der Waals surface area contributed by atoms with E-state index in [1.165, 1.54) is 6.42 Å². The summed E-state index contributed by atoms with van der Waals surface area (Å²) in [6, 6.07) is 0. The summed E-state index contributed by atoms with van der Waals surface area (Å²) >= 11 is 0. The van der Waals surface area contributed by atoms with Crippen LogP contribution >= 0.6 is 0 Å². The fraction of sp³-hybridized carbons (Fsp3) is 0.636. The van der Waals surface area contributed by atoms with E-state index in [2.05, 4.69) is 30.9 Å². The third-order valence-corrected chi connectivity index (χ3v) is 2.12. The lowest BCUT2D eigenvalue weighted by Gasteiger charge is -1.91. The van der Waals surface area contributed by atoms with Crippen LogP contribution in [0.15, 0.2) is 12.2 Å². The van der Waals surface area contributed by atoms with Crippen LogP contribution < -0.4 is 0 Å². The van der Waals surface area contributed by atoms with Gasteiger partial charge in [0.1, 0.15) is 6.61 Å². The van der Waals surface area contributed by atoms with E-state index in [1.807, 2.05) is 6.92 Å². The van der Waals surface area contributed by atoms with Gasteiger partial charge in [0.25, 0.3) is 0 Å². The summed E-state index contributed by atoms with van der Waals surface area (Å²) in [7, 11) is 0. The normalized spacial score (nSPS) is 26.8. The molecule has 0 aromatic carbocycles. The highest BCUT2D eigenvalue weighted by molar-refractivity contribution is 5.00. The van der Waals surface area contributed by atoms with Gasteiger partial charge in [0, 0.05) is 0 Å². The Morgan fingerprint density at radius 2 is 2.33 bits per heavy atom. The van der Waals surface area contributed by atoms with Gasteiger partial charge in [0.05, 0.1) is 6.61 Å². The molecule has 0 saturated heterocycles. The van der Waals surface area contributed by atoms with Crippen molar-refractivity contribution in [3.63, 3.8) is 0 Å². The largest absolute Gasteiger partial charge is 0.365 e. The second-order valence-corrected chi connectivity index (χ2v) is 3.25. The topological polar surface area (TPSA) is 9.23 Å². The van der Waals surface area contributed by atoms with Crippen molar-refractivity contribution in [1.82, 2.24) is 0 Å². The first-order valence-electron chi connectivity index (χ1n) is 4.48. The average molecular weight is 164 g/mol. The van der Waals surface area contributed by atoms with Crippen LogP contribution in [-0.2, 0) is 4.74 Å². The van der Waals surface area contributed by atoms with E-state index >= 15 is 0 Å². The molecule has 0 radical (unpaired) electrons. The number of hydrogen-bond donors (Lipinski definition) is 0. The quantitative estimate of drug-likeness (QED) is 0.352. The fourth-order valence-corrected chi connectivity index (χ4v) is 1.10. The Balaban J connectivity index is 1.94. The van der Waals surface area contributed by atoms with Crippen molar-refractivity contribution in [2.75, 3.05) is 13.2 Å². The minimum Gasteiger partial charge on any atom is -0.365 e. The van der Waals surface area contributed by atoms with Crippen molar-refractivity contribution < 1.29 is 4.74 Å². The number of hydrogen-bond acceptors (Lipinski definition) is 1. The molecule has 2 atom stereocenters. The summed E-state index contributed by atoms with van der Waals surface area (Å²) in [6.07, 6.45) is 5.71. The van der Waals surface area contributed by atoms with Crippen LogP contribution in [0.3, 0.4) is 0 Å². The molecule has 0 bridgehead atoms. The molecule has 66 valence electrons. The molecule has 0 unspecified atom stereocenters. The number of rotatable bonds is 4. The lowest BCUT2D eigenvalue weighted by atomic mass is 10.3. The Labute approximate surface area is 74.8 Å². The smallest absolute Gasteiger partial charge is 0.108 e. The van der Waals surface area contributed by atoms with Gasteiger partial charge in [0.2, 0.25) is 0 Å². The summed E-state index contributed by atoms with van der Waals surface area (Å²) in [6.45, 7) is 5.36. The van der Waals surface area contributed by atoms with Gasteiger partial charge in [-0.15, -0.1) is 5.92 Å². The van der Waals surface area contributed by atoms with E-state index in [1.54, 1.807) is 0 Å². The first kappa shape index (κ1) is 9.35. The Morgan fingerprint density at radius 3 is 2.92 bits per heavy atom. The van der Waals surface area contributed by atoms with E-state index in [9.17, 15) is 0 Å². The molecule has 1 saturated carbocycles. The summed E-state index contributed by atoms with van der Waals surface area (Å²) < 4.78 is 5.23. The highest BCUT2D eigenvalue weighted by Gasteiger charge is 2.29. The van der Waals surface area contributed by atoms with Gasteiger partial charge in [-0.05, 0) is 25.2 Å². The monoisotopic (exact) mass is 164 g/mol. The van der Waals surface area contributed by atoms with E-state index in [0.717, 1.165) is 11.8 Å². The molecule has 1 heteroatoms. The molecule has 1 aliphatic rings. The number of allylic oxidation sites excluding steroid dienone is 1. The Bertz CT molecular complexity index is 207. The van der Waals surface area contributed by atoms with Gasteiger partial charge >= 0.3 is 0 Å².